The van der Waals surface area contributed by atoms with Gasteiger partial charge in [-0.3, -0.25) is 10.1 Å². The summed E-state index contributed by atoms with van der Waals surface area (Å²) in [5, 5.41) is 4.39. The van der Waals surface area contributed by atoms with Crippen molar-refractivity contribution in [2.24, 2.45) is 0 Å². The van der Waals surface area contributed by atoms with Crippen molar-refractivity contribution in [3.8, 4) is 5.75 Å². The average molecular weight is 370 g/mol. The monoisotopic (exact) mass is 370 g/mol. The number of benzene rings is 2. The number of urea groups is 1. The second kappa shape index (κ2) is 9.38. The fourth-order valence-electron chi connectivity index (χ4n) is 2.46. The van der Waals surface area contributed by atoms with E-state index in [9.17, 15) is 14.4 Å². The molecule has 142 valence electrons. The van der Waals surface area contributed by atoms with Crippen LogP contribution >= 0.6 is 0 Å². The first-order chi connectivity index (χ1) is 12.9. The molecule has 1 atom stereocenters. The third-order valence-corrected chi connectivity index (χ3v) is 3.61. The Morgan fingerprint density at radius 3 is 2.22 bits per heavy atom. The Bertz CT molecular complexity index is 800. The van der Waals surface area contributed by atoms with E-state index in [2.05, 4.69) is 10.6 Å². The number of carbonyl (C=O) groups excluding carboxylic acids is 3. The second-order valence-corrected chi connectivity index (χ2v) is 5.96. The van der Waals surface area contributed by atoms with Crippen molar-refractivity contribution in [3.05, 3.63) is 65.2 Å². The molecule has 0 saturated heterocycles. The molecule has 0 saturated carbocycles. The lowest BCUT2D eigenvalue weighted by atomic mass is 10.1. The number of carbonyl (C=O) groups is 3. The zero-order valence-electron chi connectivity index (χ0n) is 15.4. The van der Waals surface area contributed by atoms with Gasteiger partial charge in [0.2, 0.25) is 6.10 Å². The lowest BCUT2D eigenvalue weighted by Gasteiger charge is -2.17. The molecule has 0 aliphatic heterocycles. The Morgan fingerprint density at radius 2 is 1.63 bits per heavy atom. The van der Waals surface area contributed by atoms with Crippen LogP contribution in [0.4, 0.5) is 4.79 Å². The maximum Gasteiger partial charge on any atom is 0.345 e. The summed E-state index contributed by atoms with van der Waals surface area (Å²) in [6, 6.07) is 13.3. The van der Waals surface area contributed by atoms with Crippen LogP contribution < -0.4 is 15.4 Å². The van der Waals surface area contributed by atoms with Gasteiger partial charge in [-0.2, -0.15) is 0 Å². The summed E-state index contributed by atoms with van der Waals surface area (Å²) in [5.74, 6) is -0.939. The van der Waals surface area contributed by atoms with Gasteiger partial charge in [-0.15, -0.1) is 0 Å². The normalized spacial score (nSPS) is 11.2. The summed E-state index contributed by atoms with van der Waals surface area (Å²) in [6.07, 6.45) is -1.26. The van der Waals surface area contributed by atoms with E-state index in [4.69, 9.17) is 9.47 Å². The fourth-order valence-corrected chi connectivity index (χ4v) is 2.46. The number of amides is 3. The fraction of sp³-hybridized carbons (Fsp3) is 0.250. The minimum atomic E-state index is -1.26. The number of aryl methyl sites for hydroxylation is 2. The molecule has 2 N–H and O–H groups in total. The van der Waals surface area contributed by atoms with E-state index in [-0.39, 0.29) is 6.61 Å². The van der Waals surface area contributed by atoms with E-state index >= 15 is 0 Å². The van der Waals surface area contributed by atoms with Gasteiger partial charge in [0.25, 0.3) is 5.91 Å². The van der Waals surface area contributed by atoms with Gasteiger partial charge in [-0.1, -0.05) is 36.4 Å². The van der Waals surface area contributed by atoms with E-state index < -0.39 is 24.0 Å². The molecule has 2 rings (SSSR count). The maximum absolute atomic E-state index is 12.3. The average Bonchev–Trinajstić information content (AvgIpc) is 2.64. The number of imide groups is 1. The summed E-state index contributed by atoms with van der Waals surface area (Å²) < 4.78 is 10.7. The van der Waals surface area contributed by atoms with Crippen LogP contribution in [0.3, 0.4) is 0 Å². The molecule has 7 heteroatoms. The Kier molecular flexibility index (Phi) is 6.93. The van der Waals surface area contributed by atoms with Crippen LogP contribution in [0.2, 0.25) is 0 Å². The highest BCUT2D eigenvalue weighted by Gasteiger charge is 2.26. The van der Waals surface area contributed by atoms with Gasteiger partial charge in [0.15, 0.2) is 6.61 Å². The molecule has 0 aliphatic carbocycles. The van der Waals surface area contributed by atoms with Gasteiger partial charge in [0.1, 0.15) is 5.75 Å². The third kappa shape index (κ3) is 6.14. The van der Waals surface area contributed by atoms with Crippen LogP contribution in [0.25, 0.3) is 0 Å². The number of hydrogen-bond donors (Lipinski definition) is 2. The quantitative estimate of drug-likeness (QED) is 0.762. The minimum Gasteiger partial charge on any atom is -0.482 e. The van der Waals surface area contributed by atoms with Gasteiger partial charge in [-0.05, 0) is 37.1 Å². The molecule has 0 radical (unpaired) electrons. The molecule has 2 aromatic rings. The number of esters is 1. The zero-order chi connectivity index (χ0) is 19.8. The SMILES string of the molecule is CNC(=O)NC(=O)[C@H](OC(=O)COc1cc(C)cc(C)c1)c1ccccc1. The summed E-state index contributed by atoms with van der Waals surface area (Å²) in [4.78, 5) is 35.9. The van der Waals surface area contributed by atoms with Crippen LogP contribution in [0, 0.1) is 13.8 Å². The largest absolute Gasteiger partial charge is 0.482 e. The molecule has 0 heterocycles. The predicted octanol–water partition coefficient (Wildman–Crippen LogP) is 2.42. The van der Waals surface area contributed by atoms with Gasteiger partial charge in [0.05, 0.1) is 0 Å². The van der Waals surface area contributed by atoms with Crippen molar-refractivity contribution < 1.29 is 23.9 Å². The topological polar surface area (TPSA) is 93.7 Å². The van der Waals surface area contributed by atoms with E-state index in [1.807, 2.05) is 19.9 Å². The molecule has 27 heavy (non-hydrogen) atoms. The van der Waals surface area contributed by atoms with Crippen LogP contribution in [-0.4, -0.2) is 31.6 Å². The van der Waals surface area contributed by atoms with E-state index in [0.29, 0.717) is 11.3 Å². The summed E-state index contributed by atoms with van der Waals surface area (Å²) in [6.45, 7) is 3.49. The first kappa shape index (κ1) is 20.0. The molecule has 0 aromatic heterocycles. The molecule has 0 spiro atoms. The standard InChI is InChI=1S/C20H22N2O5/c1-13-9-14(2)11-16(10-13)26-12-17(23)27-18(15-7-5-4-6-8-15)19(24)22-20(25)21-3/h4-11,18H,12H2,1-3H3,(H2,21,22,24,25)/t18-/m1/s1. The highest BCUT2D eigenvalue weighted by molar-refractivity contribution is 5.97. The van der Waals surface area contributed by atoms with Crippen molar-refractivity contribution in [2.45, 2.75) is 20.0 Å². The molecule has 2 aromatic carbocycles. The molecule has 7 nitrogen and oxygen atoms in total. The lowest BCUT2D eigenvalue weighted by Crippen LogP contribution is -2.41. The first-order valence-corrected chi connectivity index (χ1v) is 8.37. The summed E-state index contributed by atoms with van der Waals surface area (Å²) in [7, 11) is 1.38. The van der Waals surface area contributed by atoms with Gasteiger partial charge < -0.3 is 14.8 Å². The van der Waals surface area contributed by atoms with Crippen molar-refractivity contribution in [1.29, 1.82) is 0 Å². The minimum absolute atomic E-state index is 0.362. The number of hydrogen-bond acceptors (Lipinski definition) is 5. The van der Waals surface area contributed by atoms with Gasteiger partial charge >= 0.3 is 12.0 Å². The Balaban J connectivity index is 2.06. The van der Waals surface area contributed by atoms with Crippen molar-refractivity contribution in [2.75, 3.05) is 13.7 Å². The molecular formula is C20H22N2O5. The van der Waals surface area contributed by atoms with Gasteiger partial charge in [-0.25, -0.2) is 9.59 Å². The summed E-state index contributed by atoms with van der Waals surface area (Å²) >= 11 is 0. The zero-order valence-corrected chi connectivity index (χ0v) is 15.4. The smallest absolute Gasteiger partial charge is 0.345 e. The molecule has 0 bridgehead atoms. The van der Waals surface area contributed by atoms with Gasteiger partial charge in [0, 0.05) is 12.6 Å². The summed E-state index contributed by atoms with van der Waals surface area (Å²) in [5.41, 5.74) is 2.45. The number of rotatable bonds is 6. The van der Waals surface area contributed by atoms with Crippen molar-refractivity contribution >= 4 is 17.9 Å². The highest BCUT2D eigenvalue weighted by Crippen LogP contribution is 2.19. The first-order valence-electron chi connectivity index (χ1n) is 8.37. The Hall–Kier alpha value is -3.35. The molecular weight excluding hydrogens is 348 g/mol. The predicted molar refractivity (Wildman–Crippen MR) is 99.3 cm³/mol. The molecule has 0 aliphatic rings. The Labute approximate surface area is 157 Å². The number of ether oxygens (including phenoxy) is 2. The molecule has 0 unspecified atom stereocenters. The van der Waals surface area contributed by atoms with Crippen LogP contribution in [0.1, 0.15) is 22.8 Å². The molecule has 0 fully saturated rings. The van der Waals surface area contributed by atoms with E-state index in [1.165, 1.54) is 7.05 Å². The highest BCUT2D eigenvalue weighted by atomic mass is 16.6. The van der Waals surface area contributed by atoms with Crippen LogP contribution in [-0.2, 0) is 14.3 Å². The van der Waals surface area contributed by atoms with Crippen molar-refractivity contribution in [3.63, 3.8) is 0 Å². The van der Waals surface area contributed by atoms with Crippen LogP contribution in [0.5, 0.6) is 5.75 Å². The number of nitrogens with one attached hydrogen (secondary N) is 2. The Morgan fingerprint density at radius 1 is 1.00 bits per heavy atom. The third-order valence-electron chi connectivity index (χ3n) is 3.61. The van der Waals surface area contributed by atoms with E-state index in [1.54, 1.807) is 42.5 Å². The second-order valence-electron chi connectivity index (χ2n) is 5.96. The van der Waals surface area contributed by atoms with Crippen LogP contribution in [0.15, 0.2) is 48.5 Å². The van der Waals surface area contributed by atoms with E-state index in [0.717, 1.165) is 11.1 Å². The lowest BCUT2D eigenvalue weighted by molar-refractivity contribution is -0.158. The van der Waals surface area contributed by atoms with Crippen molar-refractivity contribution in [1.82, 2.24) is 10.6 Å². The maximum atomic E-state index is 12.3. The molecule has 3 amide bonds.